The highest BCUT2D eigenvalue weighted by Gasteiger charge is 2.33. The molecule has 0 radical (unpaired) electrons. The predicted octanol–water partition coefficient (Wildman–Crippen LogP) is 1.18. The van der Waals surface area contributed by atoms with Crippen LogP contribution in [-0.2, 0) is 10.0 Å². The second-order valence-electron chi connectivity index (χ2n) is 6.07. The molecule has 7 heteroatoms. The summed E-state index contributed by atoms with van der Waals surface area (Å²) in [5.74, 6) is 0.147. The van der Waals surface area contributed by atoms with Gasteiger partial charge in [-0.25, -0.2) is 8.42 Å². The number of hydrogen-bond donors (Lipinski definition) is 2. The van der Waals surface area contributed by atoms with Gasteiger partial charge < -0.3 is 10.6 Å². The Balaban J connectivity index is 2.34. The van der Waals surface area contributed by atoms with Gasteiger partial charge in [-0.3, -0.25) is 9.52 Å². The largest absolute Gasteiger partial charge is 0.336 e. The van der Waals surface area contributed by atoms with Crippen LogP contribution < -0.4 is 10.5 Å². The SMILES string of the molecule is Cc1ccc(NS(C)(=O)=O)c(C(=O)N2CC(CN)CC2C)c1. The van der Waals surface area contributed by atoms with Gasteiger partial charge in [-0.1, -0.05) is 11.6 Å². The number of anilines is 1. The molecule has 1 amide bonds. The third-order valence-electron chi connectivity index (χ3n) is 3.96. The Bertz CT molecular complexity index is 673. The van der Waals surface area contributed by atoms with Gasteiger partial charge in [0.1, 0.15) is 0 Å². The molecule has 3 N–H and O–H groups in total. The van der Waals surface area contributed by atoms with Crippen LogP contribution in [0.2, 0.25) is 0 Å². The van der Waals surface area contributed by atoms with E-state index in [9.17, 15) is 13.2 Å². The smallest absolute Gasteiger partial charge is 0.256 e. The van der Waals surface area contributed by atoms with Crippen molar-refractivity contribution in [3.05, 3.63) is 29.3 Å². The lowest BCUT2D eigenvalue weighted by Gasteiger charge is -2.23. The minimum absolute atomic E-state index is 0.104. The van der Waals surface area contributed by atoms with Gasteiger partial charge in [0.05, 0.1) is 17.5 Å². The summed E-state index contributed by atoms with van der Waals surface area (Å²) in [6.45, 7) is 5.03. The molecule has 22 heavy (non-hydrogen) atoms. The Morgan fingerprint density at radius 3 is 2.68 bits per heavy atom. The van der Waals surface area contributed by atoms with E-state index in [1.165, 1.54) is 0 Å². The van der Waals surface area contributed by atoms with E-state index < -0.39 is 10.0 Å². The minimum Gasteiger partial charge on any atom is -0.336 e. The molecular weight excluding hydrogens is 302 g/mol. The van der Waals surface area contributed by atoms with Crippen molar-refractivity contribution in [2.24, 2.45) is 11.7 Å². The molecule has 1 aliphatic rings. The van der Waals surface area contributed by atoms with E-state index in [0.717, 1.165) is 18.2 Å². The molecule has 2 rings (SSSR count). The van der Waals surface area contributed by atoms with Crippen LogP contribution in [-0.4, -0.2) is 44.6 Å². The fraction of sp³-hybridized carbons (Fsp3) is 0.533. The first kappa shape index (κ1) is 16.8. The number of sulfonamides is 1. The van der Waals surface area contributed by atoms with Crippen molar-refractivity contribution in [2.75, 3.05) is 24.1 Å². The number of amides is 1. The molecule has 0 aliphatic carbocycles. The zero-order valence-electron chi connectivity index (χ0n) is 13.2. The molecule has 6 nitrogen and oxygen atoms in total. The second-order valence-corrected chi connectivity index (χ2v) is 7.82. The van der Waals surface area contributed by atoms with Crippen molar-refractivity contribution in [3.8, 4) is 0 Å². The molecule has 1 fully saturated rings. The van der Waals surface area contributed by atoms with E-state index in [2.05, 4.69) is 4.72 Å². The number of carbonyl (C=O) groups is 1. The summed E-state index contributed by atoms with van der Waals surface area (Å²) >= 11 is 0. The van der Waals surface area contributed by atoms with Crippen LogP contribution in [0.25, 0.3) is 0 Å². The van der Waals surface area contributed by atoms with Crippen molar-refractivity contribution in [3.63, 3.8) is 0 Å². The van der Waals surface area contributed by atoms with Gasteiger partial charge >= 0.3 is 0 Å². The summed E-state index contributed by atoms with van der Waals surface area (Å²) in [6, 6.07) is 5.23. The third kappa shape index (κ3) is 3.78. The van der Waals surface area contributed by atoms with E-state index in [1.54, 1.807) is 23.1 Å². The van der Waals surface area contributed by atoms with Gasteiger partial charge in [0, 0.05) is 12.6 Å². The molecule has 1 aromatic carbocycles. The first-order chi connectivity index (χ1) is 10.2. The number of rotatable bonds is 4. The number of benzene rings is 1. The lowest BCUT2D eigenvalue weighted by Crippen LogP contribution is -2.35. The Morgan fingerprint density at radius 1 is 1.45 bits per heavy atom. The Kier molecular flexibility index (Phi) is 4.77. The van der Waals surface area contributed by atoms with Crippen molar-refractivity contribution >= 4 is 21.6 Å². The molecule has 0 spiro atoms. The Hall–Kier alpha value is -1.60. The Morgan fingerprint density at radius 2 is 2.14 bits per heavy atom. The fourth-order valence-corrected chi connectivity index (χ4v) is 3.45. The van der Waals surface area contributed by atoms with Crippen molar-refractivity contribution < 1.29 is 13.2 Å². The molecule has 2 unspecified atom stereocenters. The predicted molar refractivity (Wildman–Crippen MR) is 87.3 cm³/mol. The second kappa shape index (κ2) is 6.26. The molecule has 0 bridgehead atoms. The molecular formula is C15H23N3O3S. The maximum atomic E-state index is 12.8. The number of nitrogens with one attached hydrogen (secondary N) is 1. The number of nitrogens with zero attached hydrogens (tertiary/aromatic N) is 1. The monoisotopic (exact) mass is 325 g/mol. The highest BCUT2D eigenvalue weighted by molar-refractivity contribution is 7.92. The summed E-state index contributed by atoms with van der Waals surface area (Å²) in [6.07, 6.45) is 1.95. The summed E-state index contributed by atoms with van der Waals surface area (Å²) < 4.78 is 25.4. The third-order valence-corrected chi connectivity index (χ3v) is 4.55. The average molecular weight is 325 g/mol. The van der Waals surface area contributed by atoms with E-state index in [-0.39, 0.29) is 11.9 Å². The molecule has 0 aromatic heterocycles. The molecule has 2 atom stereocenters. The van der Waals surface area contributed by atoms with Crippen LogP contribution >= 0.6 is 0 Å². The summed E-state index contributed by atoms with van der Waals surface area (Å²) in [5, 5.41) is 0. The fourth-order valence-electron chi connectivity index (χ4n) is 2.87. The summed E-state index contributed by atoms with van der Waals surface area (Å²) in [7, 11) is -3.44. The number of nitrogens with two attached hydrogens (primary N) is 1. The van der Waals surface area contributed by atoms with Gasteiger partial charge in [-0.05, 0) is 44.9 Å². The topological polar surface area (TPSA) is 92.5 Å². The highest BCUT2D eigenvalue weighted by Crippen LogP contribution is 2.27. The summed E-state index contributed by atoms with van der Waals surface area (Å²) in [5.41, 5.74) is 7.32. The lowest BCUT2D eigenvalue weighted by atomic mass is 10.1. The van der Waals surface area contributed by atoms with Gasteiger partial charge in [0.2, 0.25) is 10.0 Å². The van der Waals surface area contributed by atoms with Crippen LogP contribution in [0.3, 0.4) is 0 Å². The quantitative estimate of drug-likeness (QED) is 0.869. The number of carbonyl (C=O) groups excluding carboxylic acids is 1. The molecule has 1 aromatic rings. The molecule has 1 saturated heterocycles. The standard InChI is InChI=1S/C15H23N3O3S/c1-10-4-5-14(17-22(3,20)21)13(6-10)15(19)18-9-12(8-16)7-11(18)2/h4-6,11-12,17H,7-9,16H2,1-3H3. The van der Waals surface area contributed by atoms with Gasteiger partial charge in [0.15, 0.2) is 0 Å². The van der Waals surface area contributed by atoms with Gasteiger partial charge in [-0.2, -0.15) is 0 Å². The zero-order chi connectivity index (χ0) is 16.5. The maximum Gasteiger partial charge on any atom is 0.256 e. The normalized spacial score (nSPS) is 21.9. The Labute approximate surface area is 131 Å². The van der Waals surface area contributed by atoms with Crippen LogP contribution in [0.15, 0.2) is 18.2 Å². The van der Waals surface area contributed by atoms with Crippen molar-refractivity contribution in [2.45, 2.75) is 26.3 Å². The maximum absolute atomic E-state index is 12.8. The van der Waals surface area contributed by atoms with E-state index in [4.69, 9.17) is 5.73 Å². The molecule has 122 valence electrons. The first-order valence-corrected chi connectivity index (χ1v) is 9.20. The van der Waals surface area contributed by atoms with Crippen LogP contribution in [0.4, 0.5) is 5.69 Å². The average Bonchev–Trinajstić information content (AvgIpc) is 2.80. The van der Waals surface area contributed by atoms with Crippen molar-refractivity contribution in [1.82, 2.24) is 4.90 Å². The van der Waals surface area contributed by atoms with E-state index >= 15 is 0 Å². The number of aryl methyl sites for hydroxylation is 1. The summed E-state index contributed by atoms with van der Waals surface area (Å²) in [4.78, 5) is 14.6. The lowest BCUT2D eigenvalue weighted by molar-refractivity contribution is 0.0744. The van der Waals surface area contributed by atoms with E-state index in [1.807, 2.05) is 13.8 Å². The number of hydrogen-bond acceptors (Lipinski definition) is 4. The van der Waals surface area contributed by atoms with Crippen LogP contribution in [0.5, 0.6) is 0 Å². The van der Waals surface area contributed by atoms with Crippen LogP contribution in [0.1, 0.15) is 29.3 Å². The molecule has 1 aliphatic heterocycles. The zero-order valence-corrected chi connectivity index (χ0v) is 14.0. The number of likely N-dealkylation sites (tertiary alicyclic amines) is 1. The molecule has 1 heterocycles. The van der Waals surface area contributed by atoms with Gasteiger partial charge in [0.25, 0.3) is 5.91 Å². The minimum atomic E-state index is -3.44. The van der Waals surface area contributed by atoms with E-state index in [0.29, 0.717) is 30.3 Å². The van der Waals surface area contributed by atoms with Crippen LogP contribution in [0, 0.1) is 12.8 Å². The first-order valence-electron chi connectivity index (χ1n) is 7.30. The highest BCUT2D eigenvalue weighted by atomic mass is 32.2. The molecule has 0 saturated carbocycles. The van der Waals surface area contributed by atoms with Gasteiger partial charge in [-0.15, -0.1) is 0 Å². The van der Waals surface area contributed by atoms with Crippen molar-refractivity contribution in [1.29, 1.82) is 0 Å².